The molecule has 1 N–H and O–H groups in total. The lowest BCUT2D eigenvalue weighted by atomic mass is 10.1. The summed E-state index contributed by atoms with van der Waals surface area (Å²) in [5.74, 6) is 0.418. The maximum Gasteiger partial charge on any atom is 0.258 e. The van der Waals surface area contributed by atoms with Crippen LogP contribution in [0.5, 0.6) is 5.75 Å². The van der Waals surface area contributed by atoms with Gasteiger partial charge in [-0.25, -0.2) is 0 Å². The molecule has 0 radical (unpaired) electrons. The molecule has 2 heterocycles. The van der Waals surface area contributed by atoms with Gasteiger partial charge in [0, 0.05) is 29.5 Å². The van der Waals surface area contributed by atoms with Crippen LogP contribution in [-0.2, 0) is 11.3 Å². The van der Waals surface area contributed by atoms with Gasteiger partial charge in [0.25, 0.3) is 5.91 Å². The fraction of sp³-hybridized carbons (Fsp3) is 0.111. The van der Waals surface area contributed by atoms with Gasteiger partial charge in [-0.05, 0) is 58.3 Å². The summed E-state index contributed by atoms with van der Waals surface area (Å²) in [4.78, 5) is 16.1. The molecule has 0 atom stereocenters. The molecule has 0 spiro atoms. The number of halogens is 1. The normalized spacial score (nSPS) is 10.4. The summed E-state index contributed by atoms with van der Waals surface area (Å²) in [7, 11) is 0. The number of pyridine rings is 1. The van der Waals surface area contributed by atoms with Crippen LogP contribution in [-0.4, -0.2) is 17.5 Å². The standard InChI is InChI=1S/C18H15ClN2O2S/c19-16-1-3-17(4-2-16)23-11-18(22)21-9-13-7-15(10-20-8-13)14-5-6-24-12-14/h1-8,10,12H,9,11H2,(H,21,22). The molecule has 122 valence electrons. The highest BCUT2D eigenvalue weighted by Gasteiger charge is 2.05. The van der Waals surface area contributed by atoms with Gasteiger partial charge in [-0.1, -0.05) is 11.6 Å². The van der Waals surface area contributed by atoms with Crippen molar-refractivity contribution >= 4 is 28.8 Å². The number of amides is 1. The Bertz CT molecular complexity index is 804. The number of thiophene rings is 1. The average molecular weight is 359 g/mol. The number of benzene rings is 1. The number of carbonyl (C=O) groups excluding carboxylic acids is 1. The molecule has 3 aromatic rings. The Kier molecular flexibility index (Phi) is 5.46. The third-order valence-electron chi connectivity index (χ3n) is 3.32. The molecule has 0 saturated heterocycles. The van der Waals surface area contributed by atoms with E-state index in [0.29, 0.717) is 17.3 Å². The molecule has 6 heteroatoms. The quantitative estimate of drug-likeness (QED) is 0.719. The third kappa shape index (κ3) is 4.57. The molecule has 1 aromatic carbocycles. The second-order valence-electron chi connectivity index (χ2n) is 5.11. The number of nitrogens with zero attached hydrogens (tertiary/aromatic N) is 1. The monoisotopic (exact) mass is 358 g/mol. The number of rotatable bonds is 6. The van der Waals surface area contributed by atoms with Gasteiger partial charge in [-0.2, -0.15) is 11.3 Å². The van der Waals surface area contributed by atoms with Crippen LogP contribution in [0, 0.1) is 0 Å². The Hall–Kier alpha value is -2.37. The zero-order valence-corrected chi connectivity index (χ0v) is 14.3. The van der Waals surface area contributed by atoms with Crippen LogP contribution in [0.3, 0.4) is 0 Å². The van der Waals surface area contributed by atoms with Crippen LogP contribution in [0.4, 0.5) is 0 Å². The zero-order valence-electron chi connectivity index (χ0n) is 12.7. The van der Waals surface area contributed by atoms with Crippen molar-refractivity contribution in [1.29, 1.82) is 0 Å². The van der Waals surface area contributed by atoms with Crippen LogP contribution in [0.2, 0.25) is 5.02 Å². The first-order valence-electron chi connectivity index (χ1n) is 7.32. The Balaban J connectivity index is 1.51. The molecule has 2 aromatic heterocycles. The van der Waals surface area contributed by atoms with Crippen molar-refractivity contribution in [3.8, 4) is 16.9 Å². The van der Waals surface area contributed by atoms with Crippen molar-refractivity contribution in [2.24, 2.45) is 0 Å². The minimum atomic E-state index is -0.189. The van der Waals surface area contributed by atoms with E-state index in [-0.39, 0.29) is 12.5 Å². The van der Waals surface area contributed by atoms with Crippen LogP contribution in [0.1, 0.15) is 5.56 Å². The summed E-state index contributed by atoms with van der Waals surface area (Å²) in [5.41, 5.74) is 3.12. The molecule has 4 nitrogen and oxygen atoms in total. The van der Waals surface area contributed by atoms with Crippen LogP contribution >= 0.6 is 22.9 Å². The van der Waals surface area contributed by atoms with Crippen molar-refractivity contribution in [3.05, 3.63) is 70.1 Å². The van der Waals surface area contributed by atoms with Gasteiger partial charge >= 0.3 is 0 Å². The second kappa shape index (κ2) is 7.95. The lowest BCUT2D eigenvalue weighted by molar-refractivity contribution is -0.123. The Morgan fingerprint density at radius 2 is 2.00 bits per heavy atom. The molecule has 0 unspecified atom stereocenters. The highest BCUT2D eigenvalue weighted by molar-refractivity contribution is 7.08. The van der Waals surface area contributed by atoms with Crippen LogP contribution < -0.4 is 10.1 Å². The third-order valence-corrected chi connectivity index (χ3v) is 4.26. The topological polar surface area (TPSA) is 51.2 Å². The van der Waals surface area contributed by atoms with E-state index in [1.165, 1.54) is 0 Å². The minimum absolute atomic E-state index is 0.0424. The van der Waals surface area contributed by atoms with E-state index < -0.39 is 0 Å². The van der Waals surface area contributed by atoms with Gasteiger partial charge in [0.15, 0.2) is 6.61 Å². The summed E-state index contributed by atoms with van der Waals surface area (Å²) in [5, 5.41) is 7.55. The molecular formula is C18H15ClN2O2S. The first kappa shape index (κ1) is 16.5. The predicted octanol–water partition coefficient (Wildman–Crippen LogP) is 4.16. The molecule has 0 bridgehead atoms. The highest BCUT2D eigenvalue weighted by Crippen LogP contribution is 2.21. The molecule has 0 fully saturated rings. The first-order valence-corrected chi connectivity index (χ1v) is 8.64. The van der Waals surface area contributed by atoms with Gasteiger partial charge in [-0.15, -0.1) is 0 Å². The average Bonchev–Trinajstić information content (AvgIpc) is 3.14. The van der Waals surface area contributed by atoms with E-state index in [0.717, 1.165) is 16.7 Å². The van der Waals surface area contributed by atoms with Crippen molar-refractivity contribution in [3.63, 3.8) is 0 Å². The predicted molar refractivity (Wildman–Crippen MR) is 96.3 cm³/mol. The van der Waals surface area contributed by atoms with E-state index in [1.54, 1.807) is 41.8 Å². The van der Waals surface area contributed by atoms with E-state index in [4.69, 9.17) is 16.3 Å². The number of nitrogens with one attached hydrogen (secondary N) is 1. The smallest absolute Gasteiger partial charge is 0.258 e. The molecular weight excluding hydrogens is 344 g/mol. The summed E-state index contributed by atoms with van der Waals surface area (Å²) in [6.07, 6.45) is 3.56. The number of hydrogen-bond donors (Lipinski definition) is 1. The first-order chi connectivity index (χ1) is 11.7. The largest absolute Gasteiger partial charge is 0.484 e. The van der Waals surface area contributed by atoms with Gasteiger partial charge in [-0.3, -0.25) is 9.78 Å². The number of ether oxygens (including phenoxy) is 1. The Morgan fingerprint density at radius 1 is 1.17 bits per heavy atom. The maximum absolute atomic E-state index is 11.9. The minimum Gasteiger partial charge on any atom is -0.484 e. The summed E-state index contributed by atoms with van der Waals surface area (Å²) < 4.78 is 5.41. The summed E-state index contributed by atoms with van der Waals surface area (Å²) in [6.45, 7) is 0.368. The summed E-state index contributed by atoms with van der Waals surface area (Å²) in [6, 6.07) is 11.0. The van der Waals surface area contributed by atoms with Gasteiger partial charge < -0.3 is 10.1 Å². The fourth-order valence-corrected chi connectivity index (χ4v) is 2.89. The molecule has 0 saturated carbocycles. The van der Waals surface area contributed by atoms with E-state index in [1.807, 2.05) is 23.7 Å². The van der Waals surface area contributed by atoms with E-state index in [9.17, 15) is 4.79 Å². The van der Waals surface area contributed by atoms with Crippen molar-refractivity contribution in [1.82, 2.24) is 10.3 Å². The van der Waals surface area contributed by atoms with Gasteiger partial charge in [0.05, 0.1) is 0 Å². The summed E-state index contributed by atoms with van der Waals surface area (Å²) >= 11 is 7.44. The van der Waals surface area contributed by atoms with E-state index in [2.05, 4.69) is 15.7 Å². The van der Waals surface area contributed by atoms with Crippen molar-refractivity contribution < 1.29 is 9.53 Å². The van der Waals surface area contributed by atoms with E-state index >= 15 is 0 Å². The van der Waals surface area contributed by atoms with Crippen LogP contribution in [0.15, 0.2) is 59.6 Å². The molecule has 24 heavy (non-hydrogen) atoms. The van der Waals surface area contributed by atoms with Crippen LogP contribution in [0.25, 0.3) is 11.1 Å². The maximum atomic E-state index is 11.9. The number of aromatic nitrogens is 1. The zero-order chi connectivity index (χ0) is 16.8. The fourth-order valence-electron chi connectivity index (χ4n) is 2.10. The SMILES string of the molecule is O=C(COc1ccc(Cl)cc1)NCc1cncc(-c2ccsc2)c1. The molecule has 1 amide bonds. The lowest BCUT2D eigenvalue weighted by Gasteiger charge is -2.08. The second-order valence-corrected chi connectivity index (χ2v) is 6.33. The highest BCUT2D eigenvalue weighted by atomic mass is 35.5. The van der Waals surface area contributed by atoms with Gasteiger partial charge in [0.1, 0.15) is 5.75 Å². The molecule has 0 aliphatic heterocycles. The lowest BCUT2D eigenvalue weighted by Crippen LogP contribution is -2.28. The number of carbonyl (C=O) groups is 1. The van der Waals surface area contributed by atoms with Gasteiger partial charge in [0.2, 0.25) is 0 Å². The Morgan fingerprint density at radius 3 is 2.75 bits per heavy atom. The number of hydrogen-bond acceptors (Lipinski definition) is 4. The molecule has 0 aliphatic rings. The van der Waals surface area contributed by atoms with Crippen molar-refractivity contribution in [2.45, 2.75) is 6.54 Å². The Labute approximate surface area is 149 Å². The molecule has 0 aliphatic carbocycles. The van der Waals surface area contributed by atoms with Crippen molar-refractivity contribution in [2.75, 3.05) is 6.61 Å². The molecule has 3 rings (SSSR count).